The summed E-state index contributed by atoms with van der Waals surface area (Å²) in [6, 6.07) is 9.96. The summed E-state index contributed by atoms with van der Waals surface area (Å²) >= 11 is 1.70. The number of hydrogen-bond acceptors (Lipinski definition) is 3. The largest absolute Gasteiger partial charge is 0.342 e. The van der Waals surface area contributed by atoms with Crippen LogP contribution in [0, 0.1) is 13.8 Å². The first-order valence-electron chi connectivity index (χ1n) is 8.48. The minimum atomic E-state index is -0.206. The van der Waals surface area contributed by atoms with Gasteiger partial charge in [-0.1, -0.05) is 24.3 Å². The molecule has 3 N–H and O–H groups in total. The van der Waals surface area contributed by atoms with Crippen LogP contribution in [0.15, 0.2) is 35.7 Å². The van der Waals surface area contributed by atoms with Crippen LogP contribution in [0.25, 0.3) is 0 Å². The lowest BCUT2D eigenvalue weighted by molar-refractivity contribution is -0.903. The van der Waals surface area contributed by atoms with Crippen LogP contribution in [0.1, 0.15) is 22.9 Å². The molecular weight excluding hydrogens is 334 g/mol. The van der Waals surface area contributed by atoms with Gasteiger partial charge in [0.2, 0.25) is 5.91 Å². The number of aryl methyl sites for hydroxylation is 2. The minimum absolute atomic E-state index is 0.0113. The van der Waals surface area contributed by atoms with Gasteiger partial charge >= 0.3 is 0 Å². The monoisotopic (exact) mass is 360 g/mol. The maximum Gasteiger partial charge on any atom is 0.275 e. The van der Waals surface area contributed by atoms with E-state index >= 15 is 0 Å². The maximum atomic E-state index is 12.1. The zero-order valence-electron chi connectivity index (χ0n) is 15.0. The Morgan fingerprint density at radius 1 is 1.08 bits per heavy atom. The molecule has 0 radical (unpaired) electrons. The van der Waals surface area contributed by atoms with E-state index in [1.807, 2.05) is 43.5 Å². The van der Waals surface area contributed by atoms with E-state index in [0.29, 0.717) is 6.54 Å². The second kappa shape index (κ2) is 9.34. The van der Waals surface area contributed by atoms with E-state index in [1.165, 1.54) is 9.78 Å². The second-order valence-electron chi connectivity index (χ2n) is 6.13. The Balaban J connectivity index is 1.79. The van der Waals surface area contributed by atoms with Crippen molar-refractivity contribution in [1.29, 1.82) is 0 Å². The standard InChI is InChI=1S/C19H25N3O2S/c1-4-22(12-16-9-6-10-25-16)13-18(24)20-11-17(23)21-19-14(2)7-5-8-15(19)3/h5-10H,4,11-13H2,1-3H3,(H,20,24)(H,21,23)/p+1. The molecule has 134 valence electrons. The Hall–Kier alpha value is -2.18. The summed E-state index contributed by atoms with van der Waals surface area (Å²) < 4.78 is 0. The van der Waals surface area contributed by atoms with Gasteiger partial charge in [-0.15, -0.1) is 11.3 Å². The second-order valence-corrected chi connectivity index (χ2v) is 7.16. The lowest BCUT2D eigenvalue weighted by Crippen LogP contribution is -3.11. The molecule has 1 unspecified atom stereocenters. The summed E-state index contributed by atoms with van der Waals surface area (Å²) in [7, 11) is 0. The first-order chi connectivity index (χ1) is 12.0. The third-order valence-electron chi connectivity index (χ3n) is 4.11. The molecule has 0 fully saturated rings. The predicted octanol–water partition coefficient (Wildman–Crippen LogP) is 1.52. The molecule has 6 heteroatoms. The van der Waals surface area contributed by atoms with E-state index in [0.717, 1.165) is 29.9 Å². The molecule has 5 nitrogen and oxygen atoms in total. The van der Waals surface area contributed by atoms with Crippen molar-refractivity contribution in [2.24, 2.45) is 0 Å². The van der Waals surface area contributed by atoms with E-state index < -0.39 is 0 Å². The fourth-order valence-corrected chi connectivity index (χ4v) is 3.41. The van der Waals surface area contributed by atoms with Gasteiger partial charge in [-0.2, -0.15) is 0 Å². The summed E-state index contributed by atoms with van der Waals surface area (Å²) in [5.41, 5.74) is 2.84. The molecule has 1 aromatic carbocycles. The number of thiophene rings is 1. The van der Waals surface area contributed by atoms with Gasteiger partial charge < -0.3 is 15.5 Å². The lowest BCUT2D eigenvalue weighted by atomic mass is 10.1. The highest BCUT2D eigenvalue weighted by atomic mass is 32.1. The number of carbonyl (C=O) groups excluding carboxylic acids is 2. The van der Waals surface area contributed by atoms with Crippen LogP contribution in [-0.4, -0.2) is 31.4 Å². The average molecular weight is 361 g/mol. The number of carbonyl (C=O) groups is 2. The van der Waals surface area contributed by atoms with Gasteiger partial charge in [-0.25, -0.2) is 0 Å². The van der Waals surface area contributed by atoms with Crippen molar-refractivity contribution < 1.29 is 14.5 Å². The average Bonchev–Trinajstić information content (AvgIpc) is 3.09. The van der Waals surface area contributed by atoms with Gasteiger partial charge in [0, 0.05) is 5.69 Å². The lowest BCUT2D eigenvalue weighted by Gasteiger charge is -2.16. The van der Waals surface area contributed by atoms with E-state index in [-0.39, 0.29) is 18.4 Å². The number of rotatable bonds is 8. The smallest absolute Gasteiger partial charge is 0.275 e. The zero-order chi connectivity index (χ0) is 18.2. The first-order valence-corrected chi connectivity index (χ1v) is 9.36. The van der Waals surface area contributed by atoms with Crippen molar-refractivity contribution in [3.63, 3.8) is 0 Å². The molecule has 0 saturated carbocycles. The molecule has 0 spiro atoms. The van der Waals surface area contributed by atoms with E-state index in [2.05, 4.69) is 23.6 Å². The van der Waals surface area contributed by atoms with Gasteiger partial charge in [0.15, 0.2) is 6.54 Å². The number of nitrogens with one attached hydrogen (secondary N) is 3. The molecule has 2 aromatic rings. The number of quaternary nitrogens is 1. The summed E-state index contributed by atoms with van der Waals surface area (Å²) in [4.78, 5) is 26.7. The highest BCUT2D eigenvalue weighted by Gasteiger charge is 2.15. The molecule has 0 saturated heterocycles. The maximum absolute atomic E-state index is 12.1. The highest BCUT2D eigenvalue weighted by Crippen LogP contribution is 2.18. The van der Waals surface area contributed by atoms with Crippen LogP contribution in [-0.2, 0) is 16.1 Å². The molecule has 1 aromatic heterocycles. The Morgan fingerprint density at radius 3 is 2.40 bits per heavy atom. The Bertz CT molecular complexity index is 693. The Labute approximate surface area is 153 Å². The van der Waals surface area contributed by atoms with Crippen molar-refractivity contribution in [3.8, 4) is 0 Å². The van der Waals surface area contributed by atoms with Gasteiger partial charge in [0.05, 0.1) is 18.0 Å². The normalized spacial score (nSPS) is 11.8. The minimum Gasteiger partial charge on any atom is -0.342 e. The number of benzene rings is 1. The van der Waals surface area contributed by atoms with Crippen molar-refractivity contribution in [1.82, 2.24) is 5.32 Å². The van der Waals surface area contributed by atoms with Crippen LogP contribution in [0.2, 0.25) is 0 Å². The summed E-state index contributed by atoms with van der Waals surface area (Å²) in [6.07, 6.45) is 0. The van der Waals surface area contributed by atoms with Crippen molar-refractivity contribution >= 4 is 28.8 Å². The Kier molecular flexibility index (Phi) is 7.16. The van der Waals surface area contributed by atoms with Crippen molar-refractivity contribution in [2.75, 3.05) is 25.0 Å². The number of likely N-dealkylation sites (N-methyl/N-ethyl adjacent to an activating group) is 1. The third kappa shape index (κ3) is 5.99. The third-order valence-corrected chi connectivity index (χ3v) is 4.98. The molecule has 2 amide bonds. The molecule has 1 atom stereocenters. The number of para-hydroxylation sites is 1. The number of hydrogen-bond donors (Lipinski definition) is 3. The molecule has 0 aliphatic heterocycles. The summed E-state index contributed by atoms with van der Waals surface area (Å²) in [5, 5.41) is 7.64. The summed E-state index contributed by atoms with van der Waals surface area (Å²) in [5.74, 6) is -0.313. The van der Waals surface area contributed by atoms with Crippen LogP contribution >= 0.6 is 11.3 Å². The zero-order valence-corrected chi connectivity index (χ0v) is 15.8. The summed E-state index contributed by atoms with van der Waals surface area (Å²) in [6.45, 7) is 8.01. The highest BCUT2D eigenvalue weighted by molar-refractivity contribution is 7.09. The van der Waals surface area contributed by atoms with Crippen molar-refractivity contribution in [2.45, 2.75) is 27.3 Å². The number of anilines is 1. The van der Waals surface area contributed by atoms with Crippen LogP contribution < -0.4 is 15.5 Å². The fraction of sp³-hybridized carbons (Fsp3) is 0.368. The first kappa shape index (κ1) is 19.1. The van der Waals surface area contributed by atoms with Crippen LogP contribution in [0.5, 0.6) is 0 Å². The molecule has 1 heterocycles. The van der Waals surface area contributed by atoms with Gasteiger partial charge in [-0.05, 0) is 43.3 Å². The fourth-order valence-electron chi connectivity index (χ4n) is 2.64. The van der Waals surface area contributed by atoms with Gasteiger partial charge in [0.1, 0.15) is 6.54 Å². The Morgan fingerprint density at radius 2 is 1.80 bits per heavy atom. The van der Waals surface area contributed by atoms with E-state index in [9.17, 15) is 9.59 Å². The molecule has 0 aliphatic rings. The van der Waals surface area contributed by atoms with E-state index in [4.69, 9.17) is 0 Å². The topological polar surface area (TPSA) is 62.6 Å². The van der Waals surface area contributed by atoms with Crippen LogP contribution in [0.4, 0.5) is 5.69 Å². The SMILES string of the molecule is CC[NH+](CC(=O)NCC(=O)Nc1c(C)cccc1C)Cc1cccs1. The van der Waals surface area contributed by atoms with Crippen molar-refractivity contribution in [3.05, 3.63) is 51.7 Å². The van der Waals surface area contributed by atoms with Gasteiger partial charge in [-0.3, -0.25) is 9.59 Å². The van der Waals surface area contributed by atoms with Gasteiger partial charge in [0.25, 0.3) is 5.91 Å². The molecule has 0 aliphatic carbocycles. The molecule has 25 heavy (non-hydrogen) atoms. The van der Waals surface area contributed by atoms with Crippen LogP contribution in [0.3, 0.4) is 0 Å². The number of amides is 2. The predicted molar refractivity (Wildman–Crippen MR) is 102 cm³/mol. The molecule has 2 rings (SSSR count). The molecule has 0 bridgehead atoms. The van der Waals surface area contributed by atoms with E-state index in [1.54, 1.807) is 11.3 Å². The molecular formula is C19H26N3O2S+. The quantitative estimate of drug-likeness (QED) is 0.668.